The van der Waals surface area contributed by atoms with Crippen molar-refractivity contribution < 1.29 is 0 Å². The molecule has 1 aromatic carbocycles. The first kappa shape index (κ1) is 11.5. The molecule has 4 nitrogen and oxygen atoms in total. The van der Waals surface area contributed by atoms with Crippen molar-refractivity contribution in [3.8, 4) is 0 Å². The van der Waals surface area contributed by atoms with Crippen LogP contribution in [0.3, 0.4) is 0 Å². The molecule has 1 heterocycles. The molecule has 0 bridgehead atoms. The van der Waals surface area contributed by atoms with Crippen molar-refractivity contribution in [2.75, 3.05) is 10.6 Å². The zero-order valence-electron chi connectivity index (χ0n) is 9.73. The third kappa shape index (κ3) is 2.79. The lowest BCUT2D eigenvalue weighted by atomic mass is 10.3. The van der Waals surface area contributed by atoms with Gasteiger partial charge in [0.2, 0.25) is 0 Å². The smallest absolute Gasteiger partial charge is 0.135 e. The van der Waals surface area contributed by atoms with Crippen LogP contribution in [0.15, 0.2) is 41.1 Å². The molecule has 2 N–H and O–H groups in total. The third-order valence-electron chi connectivity index (χ3n) is 2.73. The lowest BCUT2D eigenvalue weighted by molar-refractivity contribution is 1.08. The minimum Gasteiger partial charge on any atom is -0.367 e. The fraction of sp³-hybridized carbons (Fsp3) is 0.231. The maximum Gasteiger partial charge on any atom is 0.135 e. The number of aromatic nitrogens is 2. The molecule has 18 heavy (non-hydrogen) atoms. The molecule has 0 spiro atoms. The van der Waals surface area contributed by atoms with Crippen molar-refractivity contribution in [3.63, 3.8) is 0 Å². The van der Waals surface area contributed by atoms with Crippen LogP contribution in [0.1, 0.15) is 12.8 Å². The van der Waals surface area contributed by atoms with Crippen LogP contribution in [0.5, 0.6) is 0 Å². The van der Waals surface area contributed by atoms with Crippen molar-refractivity contribution in [1.29, 1.82) is 0 Å². The van der Waals surface area contributed by atoms with Crippen LogP contribution in [-0.4, -0.2) is 16.0 Å². The van der Waals surface area contributed by atoms with Crippen molar-refractivity contribution in [2.45, 2.75) is 18.9 Å². The van der Waals surface area contributed by atoms with Crippen LogP contribution in [-0.2, 0) is 0 Å². The van der Waals surface area contributed by atoms with Gasteiger partial charge in [0.25, 0.3) is 0 Å². The van der Waals surface area contributed by atoms with Gasteiger partial charge in [-0.3, -0.25) is 0 Å². The molecular weight excluding hydrogens is 292 g/mol. The van der Waals surface area contributed by atoms with Gasteiger partial charge in [-0.1, -0.05) is 12.1 Å². The molecule has 1 aromatic heterocycles. The summed E-state index contributed by atoms with van der Waals surface area (Å²) in [6, 6.07) is 10.5. The molecular formula is C13H13BrN4. The molecule has 92 valence electrons. The number of nitrogens with zero attached hydrogens (tertiary/aromatic N) is 2. The lowest BCUT2D eigenvalue weighted by Crippen LogP contribution is -2.04. The molecule has 0 unspecified atom stereocenters. The van der Waals surface area contributed by atoms with Crippen LogP contribution in [0.4, 0.5) is 17.3 Å². The van der Waals surface area contributed by atoms with E-state index in [1.165, 1.54) is 12.8 Å². The molecule has 0 aliphatic heterocycles. The second-order valence-corrected chi connectivity index (χ2v) is 5.17. The summed E-state index contributed by atoms with van der Waals surface area (Å²) in [7, 11) is 0. The highest BCUT2D eigenvalue weighted by Gasteiger charge is 2.21. The standard InChI is InChI=1S/C13H13BrN4/c14-10-3-1-2-4-11(10)18-13-7-12(15-8-16-13)17-9-5-6-9/h1-4,7-9H,5-6H2,(H2,15,16,17,18). The molecule has 5 heteroatoms. The predicted molar refractivity (Wildman–Crippen MR) is 76.1 cm³/mol. The zero-order valence-corrected chi connectivity index (χ0v) is 11.3. The van der Waals surface area contributed by atoms with E-state index in [4.69, 9.17) is 0 Å². The highest BCUT2D eigenvalue weighted by Crippen LogP contribution is 2.27. The average molecular weight is 305 g/mol. The number of hydrogen-bond donors (Lipinski definition) is 2. The minimum atomic E-state index is 0.594. The molecule has 0 saturated heterocycles. The van der Waals surface area contributed by atoms with E-state index < -0.39 is 0 Å². The van der Waals surface area contributed by atoms with Gasteiger partial charge in [0.1, 0.15) is 18.0 Å². The van der Waals surface area contributed by atoms with Crippen molar-refractivity contribution in [2.24, 2.45) is 0 Å². The van der Waals surface area contributed by atoms with Crippen LogP contribution in [0, 0.1) is 0 Å². The van der Waals surface area contributed by atoms with Gasteiger partial charge in [0.15, 0.2) is 0 Å². The molecule has 2 aromatic rings. The van der Waals surface area contributed by atoms with Gasteiger partial charge < -0.3 is 10.6 Å². The number of hydrogen-bond acceptors (Lipinski definition) is 4. The molecule has 0 amide bonds. The van der Waals surface area contributed by atoms with E-state index in [9.17, 15) is 0 Å². The van der Waals surface area contributed by atoms with E-state index in [1.54, 1.807) is 6.33 Å². The SMILES string of the molecule is Brc1ccccc1Nc1cc(NC2CC2)ncn1. The van der Waals surface area contributed by atoms with Gasteiger partial charge >= 0.3 is 0 Å². The minimum absolute atomic E-state index is 0.594. The largest absolute Gasteiger partial charge is 0.367 e. The molecule has 1 saturated carbocycles. The van der Waals surface area contributed by atoms with Crippen molar-refractivity contribution in [3.05, 3.63) is 41.1 Å². The number of anilines is 3. The van der Waals surface area contributed by atoms with Gasteiger partial charge in [-0.25, -0.2) is 9.97 Å². The Kier molecular flexibility index (Phi) is 3.15. The van der Waals surface area contributed by atoms with Crippen LogP contribution < -0.4 is 10.6 Å². The van der Waals surface area contributed by atoms with Gasteiger partial charge in [0.05, 0.1) is 5.69 Å². The number of para-hydroxylation sites is 1. The highest BCUT2D eigenvalue weighted by molar-refractivity contribution is 9.10. The Morgan fingerprint density at radius 1 is 1.11 bits per heavy atom. The topological polar surface area (TPSA) is 49.8 Å². The van der Waals surface area contributed by atoms with E-state index in [2.05, 4.69) is 36.5 Å². The summed E-state index contributed by atoms with van der Waals surface area (Å²) in [6.07, 6.45) is 4.04. The van der Waals surface area contributed by atoms with Crippen LogP contribution in [0.25, 0.3) is 0 Å². The van der Waals surface area contributed by atoms with E-state index in [0.717, 1.165) is 21.8 Å². The number of nitrogens with one attached hydrogen (secondary N) is 2. The normalized spacial score (nSPS) is 14.3. The third-order valence-corrected chi connectivity index (χ3v) is 3.42. The van der Waals surface area contributed by atoms with Gasteiger partial charge in [0, 0.05) is 16.6 Å². The maximum atomic E-state index is 4.22. The summed E-state index contributed by atoms with van der Waals surface area (Å²) >= 11 is 3.50. The fourth-order valence-corrected chi connectivity index (χ4v) is 2.03. The summed E-state index contributed by atoms with van der Waals surface area (Å²) < 4.78 is 1.01. The lowest BCUT2D eigenvalue weighted by Gasteiger charge is -2.09. The van der Waals surface area contributed by atoms with Crippen LogP contribution >= 0.6 is 15.9 Å². The molecule has 1 aliphatic carbocycles. The maximum absolute atomic E-state index is 4.22. The summed E-state index contributed by atoms with van der Waals surface area (Å²) in [5.74, 6) is 1.67. The monoisotopic (exact) mass is 304 g/mol. The molecule has 1 aliphatic rings. The Morgan fingerprint density at radius 3 is 2.67 bits per heavy atom. The van der Waals surface area contributed by atoms with Gasteiger partial charge in [-0.05, 0) is 40.9 Å². The second kappa shape index (κ2) is 4.94. The molecule has 3 rings (SSSR count). The van der Waals surface area contributed by atoms with E-state index >= 15 is 0 Å². The first-order valence-corrected chi connectivity index (χ1v) is 6.71. The number of halogens is 1. The fourth-order valence-electron chi connectivity index (χ4n) is 1.64. The average Bonchev–Trinajstić information content (AvgIpc) is 3.17. The Bertz CT molecular complexity index is 554. The second-order valence-electron chi connectivity index (χ2n) is 4.31. The Hall–Kier alpha value is -1.62. The van der Waals surface area contributed by atoms with E-state index in [0.29, 0.717) is 6.04 Å². The molecule has 0 radical (unpaired) electrons. The summed E-state index contributed by atoms with van der Waals surface area (Å²) in [4.78, 5) is 8.43. The van der Waals surface area contributed by atoms with Crippen molar-refractivity contribution in [1.82, 2.24) is 9.97 Å². The van der Waals surface area contributed by atoms with E-state index in [1.807, 2.05) is 30.3 Å². The zero-order chi connectivity index (χ0) is 12.4. The summed E-state index contributed by atoms with van der Waals surface area (Å²) in [5.41, 5.74) is 0.994. The molecule has 0 atom stereocenters. The first-order chi connectivity index (χ1) is 8.81. The Morgan fingerprint density at radius 2 is 1.89 bits per heavy atom. The van der Waals surface area contributed by atoms with E-state index in [-0.39, 0.29) is 0 Å². The Balaban J connectivity index is 1.77. The summed E-state index contributed by atoms with van der Waals surface area (Å²) in [5, 5.41) is 6.62. The first-order valence-electron chi connectivity index (χ1n) is 5.91. The summed E-state index contributed by atoms with van der Waals surface area (Å²) in [6.45, 7) is 0. The molecule has 1 fully saturated rings. The quantitative estimate of drug-likeness (QED) is 0.907. The van der Waals surface area contributed by atoms with Crippen molar-refractivity contribution >= 4 is 33.3 Å². The number of benzene rings is 1. The number of rotatable bonds is 4. The van der Waals surface area contributed by atoms with Crippen LogP contribution in [0.2, 0.25) is 0 Å². The predicted octanol–water partition coefficient (Wildman–Crippen LogP) is 3.56. The Labute approximate surface area is 114 Å². The van der Waals surface area contributed by atoms with Gasteiger partial charge in [-0.2, -0.15) is 0 Å². The van der Waals surface area contributed by atoms with Gasteiger partial charge in [-0.15, -0.1) is 0 Å². The highest BCUT2D eigenvalue weighted by atomic mass is 79.9.